The lowest BCUT2D eigenvalue weighted by Crippen LogP contribution is -2.31. The summed E-state index contributed by atoms with van der Waals surface area (Å²) in [7, 11) is 1.56. The van der Waals surface area contributed by atoms with Gasteiger partial charge in [0.15, 0.2) is 0 Å². The maximum absolute atomic E-state index is 11.4. The lowest BCUT2D eigenvalue weighted by atomic mass is 10.3. The summed E-state index contributed by atoms with van der Waals surface area (Å²) >= 11 is 11.8. The van der Waals surface area contributed by atoms with E-state index in [-0.39, 0.29) is 6.03 Å². The summed E-state index contributed by atoms with van der Waals surface area (Å²) in [5.74, 6) is 0. The lowest BCUT2D eigenvalue weighted by molar-refractivity contribution is 0.198. The van der Waals surface area contributed by atoms with Gasteiger partial charge in [-0.15, -0.1) is 0 Å². The molecule has 0 radical (unpaired) electrons. The standard InChI is InChI=1S/C10H12Cl2N2O2/c1-16-6-5-13-10(15)14-9-7(11)3-2-4-8(9)12/h2-4H,5-6H2,1H3,(H2,13,14,15). The van der Waals surface area contributed by atoms with Gasteiger partial charge in [-0.25, -0.2) is 4.79 Å². The summed E-state index contributed by atoms with van der Waals surface area (Å²) in [5, 5.41) is 5.96. The Hall–Kier alpha value is -0.970. The highest BCUT2D eigenvalue weighted by Crippen LogP contribution is 2.29. The fourth-order valence-corrected chi connectivity index (χ4v) is 1.53. The molecule has 16 heavy (non-hydrogen) atoms. The second kappa shape index (κ2) is 6.58. The number of para-hydroxylation sites is 1. The number of urea groups is 1. The van der Waals surface area contributed by atoms with Gasteiger partial charge in [-0.05, 0) is 12.1 Å². The summed E-state index contributed by atoms with van der Waals surface area (Å²) in [5.41, 5.74) is 0.403. The Morgan fingerprint density at radius 2 is 2.00 bits per heavy atom. The Bertz CT molecular complexity index is 352. The molecular formula is C10H12Cl2N2O2. The first-order chi connectivity index (χ1) is 7.65. The minimum absolute atomic E-state index is 0.368. The summed E-state index contributed by atoms with van der Waals surface area (Å²) in [6, 6.07) is 4.64. The number of nitrogens with one attached hydrogen (secondary N) is 2. The zero-order chi connectivity index (χ0) is 12.0. The molecule has 0 atom stereocenters. The molecule has 6 heteroatoms. The van der Waals surface area contributed by atoms with Gasteiger partial charge in [0.25, 0.3) is 0 Å². The van der Waals surface area contributed by atoms with E-state index < -0.39 is 0 Å². The minimum atomic E-state index is -0.368. The van der Waals surface area contributed by atoms with E-state index in [9.17, 15) is 4.79 Å². The van der Waals surface area contributed by atoms with Gasteiger partial charge in [-0.3, -0.25) is 0 Å². The summed E-state index contributed by atoms with van der Waals surface area (Å²) in [6.45, 7) is 0.869. The van der Waals surface area contributed by atoms with E-state index >= 15 is 0 Å². The van der Waals surface area contributed by atoms with Gasteiger partial charge in [0.05, 0.1) is 22.3 Å². The van der Waals surface area contributed by atoms with Crippen molar-refractivity contribution in [2.24, 2.45) is 0 Å². The largest absolute Gasteiger partial charge is 0.383 e. The number of hydrogen-bond acceptors (Lipinski definition) is 2. The molecule has 0 saturated carbocycles. The van der Waals surface area contributed by atoms with Gasteiger partial charge in [-0.2, -0.15) is 0 Å². The second-order valence-electron chi connectivity index (χ2n) is 2.97. The van der Waals surface area contributed by atoms with Crippen LogP contribution in [0.25, 0.3) is 0 Å². The number of ether oxygens (including phenoxy) is 1. The van der Waals surface area contributed by atoms with Crippen LogP contribution in [0.5, 0.6) is 0 Å². The number of hydrogen-bond donors (Lipinski definition) is 2. The average Bonchev–Trinajstić information content (AvgIpc) is 2.24. The SMILES string of the molecule is COCCNC(=O)Nc1c(Cl)cccc1Cl. The fraction of sp³-hybridized carbons (Fsp3) is 0.300. The van der Waals surface area contributed by atoms with Crippen LogP contribution in [-0.2, 0) is 4.74 Å². The third kappa shape index (κ3) is 3.89. The van der Waals surface area contributed by atoms with Crippen molar-refractivity contribution >= 4 is 34.9 Å². The van der Waals surface area contributed by atoms with E-state index in [1.807, 2.05) is 0 Å². The Morgan fingerprint density at radius 1 is 1.38 bits per heavy atom. The average molecular weight is 263 g/mol. The van der Waals surface area contributed by atoms with Gasteiger partial charge >= 0.3 is 6.03 Å². The zero-order valence-corrected chi connectivity index (χ0v) is 10.2. The first-order valence-corrected chi connectivity index (χ1v) is 5.38. The predicted octanol–water partition coefficient (Wildman–Crippen LogP) is 2.76. The molecule has 0 spiro atoms. The smallest absolute Gasteiger partial charge is 0.319 e. The lowest BCUT2D eigenvalue weighted by Gasteiger charge is -2.09. The maximum Gasteiger partial charge on any atom is 0.319 e. The van der Waals surface area contributed by atoms with E-state index in [1.165, 1.54) is 0 Å². The van der Waals surface area contributed by atoms with Crippen LogP contribution in [0, 0.1) is 0 Å². The number of methoxy groups -OCH3 is 1. The highest BCUT2D eigenvalue weighted by Gasteiger charge is 2.08. The predicted molar refractivity (Wildman–Crippen MR) is 65.4 cm³/mol. The summed E-state index contributed by atoms with van der Waals surface area (Å²) in [4.78, 5) is 11.4. The number of carbonyl (C=O) groups is 1. The van der Waals surface area contributed by atoms with E-state index in [0.29, 0.717) is 28.9 Å². The molecule has 1 rings (SSSR count). The molecule has 0 aliphatic carbocycles. The molecular weight excluding hydrogens is 251 g/mol. The van der Waals surface area contributed by atoms with E-state index in [0.717, 1.165) is 0 Å². The van der Waals surface area contributed by atoms with Crippen LogP contribution >= 0.6 is 23.2 Å². The molecule has 0 aliphatic heterocycles. The number of carbonyl (C=O) groups excluding carboxylic acids is 1. The molecule has 0 unspecified atom stereocenters. The van der Waals surface area contributed by atoms with Crippen molar-refractivity contribution in [3.8, 4) is 0 Å². The number of benzene rings is 1. The zero-order valence-electron chi connectivity index (χ0n) is 8.72. The normalized spacial score (nSPS) is 9.94. The van der Waals surface area contributed by atoms with Crippen molar-refractivity contribution in [2.75, 3.05) is 25.6 Å². The second-order valence-corrected chi connectivity index (χ2v) is 3.78. The van der Waals surface area contributed by atoms with Crippen LogP contribution in [0.15, 0.2) is 18.2 Å². The first kappa shape index (κ1) is 13.1. The molecule has 0 aliphatic rings. The van der Waals surface area contributed by atoms with E-state index in [2.05, 4.69) is 10.6 Å². The Balaban J connectivity index is 2.56. The molecule has 0 bridgehead atoms. The van der Waals surface area contributed by atoms with Gasteiger partial charge in [0.2, 0.25) is 0 Å². The van der Waals surface area contributed by atoms with Crippen LogP contribution in [0.4, 0.5) is 10.5 Å². The fourth-order valence-electron chi connectivity index (χ4n) is 1.04. The molecule has 0 fully saturated rings. The number of rotatable bonds is 4. The van der Waals surface area contributed by atoms with Gasteiger partial charge in [0.1, 0.15) is 0 Å². The maximum atomic E-state index is 11.4. The van der Waals surface area contributed by atoms with E-state index in [1.54, 1.807) is 25.3 Å². The molecule has 0 saturated heterocycles. The summed E-state index contributed by atoms with van der Waals surface area (Å²) < 4.78 is 4.80. The quantitative estimate of drug-likeness (QED) is 0.820. The third-order valence-corrected chi connectivity index (χ3v) is 2.42. The van der Waals surface area contributed by atoms with Crippen LogP contribution < -0.4 is 10.6 Å². The first-order valence-electron chi connectivity index (χ1n) is 4.63. The van der Waals surface area contributed by atoms with Gasteiger partial charge < -0.3 is 15.4 Å². The van der Waals surface area contributed by atoms with Crippen LogP contribution in [0.3, 0.4) is 0 Å². The van der Waals surface area contributed by atoms with Crippen molar-refractivity contribution in [1.29, 1.82) is 0 Å². The Morgan fingerprint density at radius 3 is 2.56 bits per heavy atom. The van der Waals surface area contributed by atoms with Crippen LogP contribution in [0.2, 0.25) is 10.0 Å². The van der Waals surface area contributed by atoms with Gasteiger partial charge in [0, 0.05) is 13.7 Å². The molecule has 0 aromatic heterocycles. The molecule has 1 aromatic carbocycles. The molecule has 0 heterocycles. The molecule has 4 nitrogen and oxygen atoms in total. The van der Waals surface area contributed by atoms with Crippen LogP contribution in [0.1, 0.15) is 0 Å². The van der Waals surface area contributed by atoms with E-state index in [4.69, 9.17) is 27.9 Å². The summed E-state index contributed by atoms with van der Waals surface area (Å²) in [6.07, 6.45) is 0. The van der Waals surface area contributed by atoms with Crippen molar-refractivity contribution in [1.82, 2.24) is 5.32 Å². The van der Waals surface area contributed by atoms with Crippen molar-refractivity contribution in [3.05, 3.63) is 28.2 Å². The van der Waals surface area contributed by atoms with Crippen molar-refractivity contribution < 1.29 is 9.53 Å². The van der Waals surface area contributed by atoms with Crippen molar-refractivity contribution in [3.63, 3.8) is 0 Å². The number of amides is 2. The Labute approximate surface area is 104 Å². The highest BCUT2D eigenvalue weighted by atomic mass is 35.5. The van der Waals surface area contributed by atoms with Gasteiger partial charge in [-0.1, -0.05) is 29.3 Å². The molecule has 1 aromatic rings. The molecule has 2 N–H and O–H groups in total. The minimum Gasteiger partial charge on any atom is -0.383 e. The number of anilines is 1. The molecule has 88 valence electrons. The topological polar surface area (TPSA) is 50.4 Å². The van der Waals surface area contributed by atoms with Crippen molar-refractivity contribution in [2.45, 2.75) is 0 Å². The Kier molecular flexibility index (Phi) is 5.38. The van der Waals surface area contributed by atoms with Crippen LogP contribution in [-0.4, -0.2) is 26.3 Å². The highest BCUT2D eigenvalue weighted by molar-refractivity contribution is 6.39. The number of halogens is 2. The monoisotopic (exact) mass is 262 g/mol. The molecule has 2 amide bonds. The third-order valence-electron chi connectivity index (χ3n) is 1.79.